The molecule has 2 aromatic carbocycles. The van der Waals surface area contributed by atoms with E-state index in [1.165, 1.54) is 0 Å². The monoisotopic (exact) mass is 245 g/mol. The third-order valence-electron chi connectivity index (χ3n) is 2.28. The van der Waals surface area contributed by atoms with Crippen molar-refractivity contribution in [1.82, 2.24) is 0 Å². The minimum atomic E-state index is -0.736. The third kappa shape index (κ3) is 4.27. The van der Waals surface area contributed by atoms with Gasteiger partial charge in [0, 0.05) is 5.69 Å². The van der Waals surface area contributed by atoms with Gasteiger partial charge >= 0.3 is 5.97 Å². The van der Waals surface area contributed by atoms with Gasteiger partial charge in [-0.2, -0.15) is 5.26 Å². The van der Waals surface area contributed by atoms with Gasteiger partial charge < -0.3 is 5.73 Å². The standard InChI is InChI=1S/C7H9N.C7H6O3/c1-6-4-2-3-5-7(6)8;8-7(10-9)6-4-2-1-3-5-6/h2-5H,8H2,1H3;1-5,9H. The van der Waals surface area contributed by atoms with Gasteiger partial charge in [-0.3, -0.25) is 4.89 Å². The van der Waals surface area contributed by atoms with Crippen LogP contribution in [0.25, 0.3) is 0 Å². The summed E-state index contributed by atoms with van der Waals surface area (Å²) in [5.41, 5.74) is 7.87. The highest BCUT2D eigenvalue weighted by Gasteiger charge is 2.02. The van der Waals surface area contributed by atoms with Crippen molar-refractivity contribution in [2.45, 2.75) is 6.92 Å². The van der Waals surface area contributed by atoms with Crippen molar-refractivity contribution in [2.24, 2.45) is 0 Å². The number of carbonyl (C=O) groups excluding carboxylic acids is 1. The molecule has 0 saturated carbocycles. The summed E-state index contributed by atoms with van der Waals surface area (Å²) in [6.45, 7) is 2.00. The van der Waals surface area contributed by atoms with E-state index >= 15 is 0 Å². The first-order chi connectivity index (χ1) is 8.65. The molecule has 94 valence electrons. The lowest BCUT2D eigenvalue weighted by atomic mass is 10.2. The molecule has 0 amide bonds. The van der Waals surface area contributed by atoms with E-state index in [1.807, 2.05) is 31.2 Å². The molecule has 0 spiro atoms. The van der Waals surface area contributed by atoms with E-state index in [1.54, 1.807) is 30.3 Å². The smallest absolute Gasteiger partial charge is 0.372 e. The first-order valence-corrected chi connectivity index (χ1v) is 5.37. The first kappa shape index (κ1) is 13.7. The highest BCUT2D eigenvalue weighted by molar-refractivity contribution is 5.88. The molecule has 0 atom stereocenters. The largest absolute Gasteiger partial charge is 0.399 e. The van der Waals surface area contributed by atoms with Crippen LogP contribution in [0, 0.1) is 6.92 Å². The van der Waals surface area contributed by atoms with Crippen molar-refractivity contribution in [2.75, 3.05) is 5.73 Å². The highest BCUT2D eigenvalue weighted by atomic mass is 17.1. The highest BCUT2D eigenvalue weighted by Crippen LogP contribution is 2.06. The number of carbonyl (C=O) groups is 1. The summed E-state index contributed by atoms with van der Waals surface area (Å²) in [7, 11) is 0. The fourth-order valence-corrected chi connectivity index (χ4v) is 1.21. The molecule has 18 heavy (non-hydrogen) atoms. The fourth-order valence-electron chi connectivity index (χ4n) is 1.21. The molecule has 0 saturated heterocycles. The van der Waals surface area contributed by atoms with Crippen LogP contribution in [0.4, 0.5) is 5.69 Å². The first-order valence-electron chi connectivity index (χ1n) is 5.37. The van der Waals surface area contributed by atoms with Crippen LogP contribution in [0.5, 0.6) is 0 Å². The van der Waals surface area contributed by atoms with Crippen molar-refractivity contribution in [1.29, 1.82) is 0 Å². The second kappa shape index (κ2) is 7.09. The zero-order valence-corrected chi connectivity index (χ0v) is 10.0. The molecule has 0 aliphatic carbocycles. The van der Waals surface area contributed by atoms with Crippen molar-refractivity contribution in [3.63, 3.8) is 0 Å². The van der Waals surface area contributed by atoms with Gasteiger partial charge in [-0.15, -0.1) is 0 Å². The van der Waals surface area contributed by atoms with Crippen LogP contribution in [-0.4, -0.2) is 11.2 Å². The van der Waals surface area contributed by atoms with Gasteiger partial charge in [0.25, 0.3) is 0 Å². The Kier molecular flexibility index (Phi) is 5.41. The normalized spacial score (nSPS) is 9.00. The molecule has 4 nitrogen and oxygen atoms in total. The summed E-state index contributed by atoms with van der Waals surface area (Å²) in [4.78, 5) is 14.0. The molecule has 0 bridgehead atoms. The Morgan fingerprint density at radius 1 is 1.06 bits per heavy atom. The number of benzene rings is 2. The van der Waals surface area contributed by atoms with Gasteiger partial charge in [-0.25, -0.2) is 4.79 Å². The van der Waals surface area contributed by atoms with Gasteiger partial charge in [0.1, 0.15) is 0 Å². The predicted octanol–water partition coefficient (Wildman–Crippen LogP) is 2.89. The molecule has 2 rings (SSSR count). The van der Waals surface area contributed by atoms with Crippen LogP contribution in [0.2, 0.25) is 0 Å². The zero-order chi connectivity index (χ0) is 13.4. The summed E-state index contributed by atoms with van der Waals surface area (Å²) >= 11 is 0. The van der Waals surface area contributed by atoms with E-state index in [0.717, 1.165) is 11.3 Å². The van der Waals surface area contributed by atoms with Crippen molar-refractivity contribution < 1.29 is 14.9 Å². The molecular formula is C14H15NO3. The third-order valence-corrected chi connectivity index (χ3v) is 2.28. The van der Waals surface area contributed by atoms with E-state index in [4.69, 9.17) is 11.0 Å². The minimum absolute atomic E-state index is 0.338. The number of hydrogen-bond donors (Lipinski definition) is 2. The molecule has 0 heterocycles. The number of rotatable bonds is 1. The lowest BCUT2D eigenvalue weighted by Gasteiger charge is -1.93. The molecule has 0 aromatic heterocycles. The average molecular weight is 245 g/mol. The Bertz CT molecular complexity index is 476. The molecule has 0 aliphatic rings. The molecular weight excluding hydrogens is 230 g/mol. The van der Waals surface area contributed by atoms with E-state index < -0.39 is 5.97 Å². The SMILES string of the molecule is Cc1ccccc1N.O=C(OO)c1ccccc1. The lowest BCUT2D eigenvalue weighted by molar-refractivity contribution is -0.182. The van der Waals surface area contributed by atoms with Crippen LogP contribution in [0.1, 0.15) is 15.9 Å². The molecule has 4 heteroatoms. The van der Waals surface area contributed by atoms with E-state index in [-0.39, 0.29) is 0 Å². The second-order valence-electron chi connectivity index (χ2n) is 3.60. The zero-order valence-electron chi connectivity index (χ0n) is 10.0. The van der Waals surface area contributed by atoms with Crippen molar-refractivity contribution in [3.05, 3.63) is 65.7 Å². The Morgan fingerprint density at radius 3 is 2.06 bits per heavy atom. The Balaban J connectivity index is 0.000000184. The Morgan fingerprint density at radius 2 is 1.61 bits per heavy atom. The summed E-state index contributed by atoms with van der Waals surface area (Å²) in [5.74, 6) is -0.736. The van der Waals surface area contributed by atoms with Crippen LogP contribution >= 0.6 is 0 Å². The molecule has 3 N–H and O–H groups in total. The second-order valence-corrected chi connectivity index (χ2v) is 3.60. The van der Waals surface area contributed by atoms with Crippen LogP contribution in [-0.2, 0) is 4.89 Å². The average Bonchev–Trinajstić information content (AvgIpc) is 2.43. The van der Waals surface area contributed by atoms with E-state index in [0.29, 0.717) is 5.56 Å². The summed E-state index contributed by atoms with van der Waals surface area (Å²) in [5, 5.41) is 7.94. The fraction of sp³-hybridized carbons (Fsp3) is 0.0714. The van der Waals surface area contributed by atoms with Gasteiger partial charge in [-0.05, 0) is 30.7 Å². The summed E-state index contributed by atoms with van der Waals surface area (Å²) in [6, 6.07) is 16.1. The van der Waals surface area contributed by atoms with Crippen LogP contribution in [0.3, 0.4) is 0 Å². The summed E-state index contributed by atoms with van der Waals surface area (Å²) < 4.78 is 0. The number of aryl methyl sites for hydroxylation is 1. The van der Waals surface area contributed by atoms with Crippen LogP contribution < -0.4 is 5.73 Å². The number of para-hydroxylation sites is 1. The number of hydrogen-bond acceptors (Lipinski definition) is 4. The predicted molar refractivity (Wildman–Crippen MR) is 70.1 cm³/mol. The van der Waals surface area contributed by atoms with Gasteiger partial charge in [0.05, 0.1) is 5.56 Å². The molecule has 0 radical (unpaired) electrons. The van der Waals surface area contributed by atoms with Gasteiger partial charge in [-0.1, -0.05) is 36.4 Å². The maximum Gasteiger partial charge on any atom is 0.372 e. The maximum absolute atomic E-state index is 10.5. The molecule has 0 fully saturated rings. The van der Waals surface area contributed by atoms with Gasteiger partial charge in [0.15, 0.2) is 0 Å². The topological polar surface area (TPSA) is 72.6 Å². The molecule has 2 aromatic rings. The summed E-state index contributed by atoms with van der Waals surface area (Å²) in [6.07, 6.45) is 0. The van der Waals surface area contributed by atoms with Crippen LogP contribution in [0.15, 0.2) is 54.6 Å². The quantitative estimate of drug-likeness (QED) is 0.460. The Hall–Kier alpha value is -2.33. The number of anilines is 1. The van der Waals surface area contributed by atoms with Crippen molar-refractivity contribution >= 4 is 11.7 Å². The Labute approximate surface area is 106 Å². The molecule has 0 aliphatic heterocycles. The maximum atomic E-state index is 10.5. The van der Waals surface area contributed by atoms with Crippen molar-refractivity contribution in [3.8, 4) is 0 Å². The van der Waals surface area contributed by atoms with E-state index in [2.05, 4.69) is 4.89 Å². The minimum Gasteiger partial charge on any atom is -0.399 e. The number of nitrogen functional groups attached to an aromatic ring is 1. The van der Waals surface area contributed by atoms with E-state index in [9.17, 15) is 4.79 Å². The lowest BCUT2D eigenvalue weighted by Crippen LogP contribution is -2.00. The van der Waals surface area contributed by atoms with Gasteiger partial charge in [0.2, 0.25) is 0 Å². The number of nitrogens with two attached hydrogens (primary N) is 1. The molecule has 0 unspecified atom stereocenters.